The zero-order valence-corrected chi connectivity index (χ0v) is 11.6. The van der Waals surface area contributed by atoms with E-state index in [1.807, 2.05) is 13.0 Å². The van der Waals surface area contributed by atoms with Crippen molar-refractivity contribution < 1.29 is 14.3 Å². The summed E-state index contributed by atoms with van der Waals surface area (Å²) in [5.74, 6) is 1.000. The predicted molar refractivity (Wildman–Crippen MR) is 72.6 cm³/mol. The van der Waals surface area contributed by atoms with E-state index in [0.717, 1.165) is 17.7 Å². The molecule has 0 aliphatic rings. The molecule has 100 valence electrons. The summed E-state index contributed by atoms with van der Waals surface area (Å²) >= 11 is 5.72. The van der Waals surface area contributed by atoms with Gasteiger partial charge in [-0.2, -0.15) is 0 Å². The second-order valence-corrected chi connectivity index (χ2v) is 4.11. The molecular formula is C14H19ClO3. The molecule has 18 heavy (non-hydrogen) atoms. The van der Waals surface area contributed by atoms with Gasteiger partial charge in [0.25, 0.3) is 0 Å². The summed E-state index contributed by atoms with van der Waals surface area (Å²) in [6, 6.07) is 5.45. The first kappa shape index (κ1) is 14.8. The van der Waals surface area contributed by atoms with Crippen molar-refractivity contribution in [1.82, 2.24) is 0 Å². The molecule has 0 N–H and O–H groups in total. The number of ether oxygens (including phenoxy) is 2. The smallest absolute Gasteiger partial charge is 0.338 e. The lowest BCUT2D eigenvalue weighted by Crippen LogP contribution is -2.10. The molecule has 1 rings (SSSR count). The Labute approximate surface area is 113 Å². The van der Waals surface area contributed by atoms with E-state index in [9.17, 15) is 4.79 Å². The van der Waals surface area contributed by atoms with Gasteiger partial charge in [-0.05, 0) is 38.8 Å². The lowest BCUT2D eigenvalue weighted by atomic mass is 10.0. The maximum Gasteiger partial charge on any atom is 0.338 e. The third-order valence-electron chi connectivity index (χ3n) is 2.49. The lowest BCUT2D eigenvalue weighted by Gasteiger charge is -2.13. The van der Waals surface area contributed by atoms with Gasteiger partial charge in [0.05, 0.1) is 18.8 Å². The molecular weight excluding hydrogens is 252 g/mol. The van der Waals surface area contributed by atoms with Gasteiger partial charge in [-0.15, -0.1) is 11.6 Å². The fraction of sp³-hybridized carbons (Fsp3) is 0.500. The summed E-state index contributed by atoms with van der Waals surface area (Å²) in [5, 5.41) is 0. The molecule has 0 spiro atoms. The highest BCUT2D eigenvalue weighted by Gasteiger charge is 2.16. The minimum absolute atomic E-state index is 0.302. The molecule has 0 fully saturated rings. The number of carbonyl (C=O) groups is 1. The molecule has 0 amide bonds. The highest BCUT2D eigenvalue weighted by atomic mass is 35.5. The number of benzene rings is 1. The van der Waals surface area contributed by atoms with E-state index in [4.69, 9.17) is 21.1 Å². The van der Waals surface area contributed by atoms with Crippen molar-refractivity contribution in [2.45, 2.75) is 26.7 Å². The van der Waals surface area contributed by atoms with Crippen molar-refractivity contribution in [1.29, 1.82) is 0 Å². The molecule has 0 saturated carbocycles. The van der Waals surface area contributed by atoms with Crippen LogP contribution in [-0.4, -0.2) is 25.1 Å². The summed E-state index contributed by atoms with van der Waals surface area (Å²) in [5.41, 5.74) is 1.46. The van der Waals surface area contributed by atoms with Crippen molar-refractivity contribution in [3.63, 3.8) is 0 Å². The SMILES string of the molecule is CCOC(=O)c1cccc(OCC)c1CCCCl. The Morgan fingerprint density at radius 3 is 2.67 bits per heavy atom. The molecule has 0 saturated heterocycles. The summed E-state index contributed by atoms with van der Waals surface area (Å²) in [6.45, 7) is 4.65. The summed E-state index contributed by atoms with van der Waals surface area (Å²) in [6.07, 6.45) is 1.52. The summed E-state index contributed by atoms with van der Waals surface area (Å²) < 4.78 is 10.6. The van der Waals surface area contributed by atoms with Gasteiger partial charge in [-0.3, -0.25) is 0 Å². The van der Waals surface area contributed by atoms with Gasteiger partial charge >= 0.3 is 5.97 Å². The maximum absolute atomic E-state index is 11.9. The van der Waals surface area contributed by atoms with Crippen LogP contribution in [0.1, 0.15) is 36.2 Å². The molecule has 1 aromatic rings. The number of hydrogen-bond donors (Lipinski definition) is 0. The Morgan fingerprint density at radius 2 is 2.06 bits per heavy atom. The quantitative estimate of drug-likeness (QED) is 0.562. The van der Waals surface area contributed by atoms with Crippen LogP contribution in [0.15, 0.2) is 18.2 Å². The van der Waals surface area contributed by atoms with Crippen molar-refractivity contribution >= 4 is 17.6 Å². The Bertz CT molecular complexity index is 391. The largest absolute Gasteiger partial charge is 0.494 e. The molecule has 0 aliphatic heterocycles. The van der Waals surface area contributed by atoms with E-state index in [0.29, 0.717) is 31.1 Å². The highest BCUT2D eigenvalue weighted by Crippen LogP contribution is 2.25. The topological polar surface area (TPSA) is 35.5 Å². The molecule has 0 radical (unpaired) electrons. The number of esters is 1. The normalized spacial score (nSPS) is 10.2. The summed E-state index contributed by atoms with van der Waals surface area (Å²) in [4.78, 5) is 11.9. The van der Waals surface area contributed by atoms with Gasteiger partial charge in [0.2, 0.25) is 0 Å². The van der Waals surface area contributed by atoms with Crippen LogP contribution in [0, 0.1) is 0 Å². The van der Waals surface area contributed by atoms with E-state index in [-0.39, 0.29) is 5.97 Å². The van der Waals surface area contributed by atoms with Crippen molar-refractivity contribution in [2.75, 3.05) is 19.1 Å². The molecule has 4 heteroatoms. The monoisotopic (exact) mass is 270 g/mol. The van der Waals surface area contributed by atoms with Crippen LogP contribution in [0.2, 0.25) is 0 Å². The third-order valence-corrected chi connectivity index (χ3v) is 2.76. The Balaban J connectivity index is 3.05. The summed E-state index contributed by atoms with van der Waals surface area (Å²) in [7, 11) is 0. The average Bonchev–Trinajstić information content (AvgIpc) is 2.37. The predicted octanol–water partition coefficient (Wildman–Crippen LogP) is 3.43. The maximum atomic E-state index is 11.9. The van der Waals surface area contributed by atoms with Crippen LogP contribution in [0.25, 0.3) is 0 Å². The average molecular weight is 271 g/mol. The van der Waals surface area contributed by atoms with Crippen LogP contribution in [0.3, 0.4) is 0 Å². The lowest BCUT2D eigenvalue weighted by molar-refractivity contribution is 0.0524. The zero-order valence-electron chi connectivity index (χ0n) is 10.9. The van der Waals surface area contributed by atoms with Gasteiger partial charge in [-0.25, -0.2) is 4.79 Å². The van der Waals surface area contributed by atoms with Gasteiger partial charge < -0.3 is 9.47 Å². The molecule has 0 atom stereocenters. The number of alkyl halides is 1. The number of carbonyl (C=O) groups excluding carboxylic acids is 1. The molecule has 0 bridgehead atoms. The molecule has 0 aromatic heterocycles. The second-order valence-electron chi connectivity index (χ2n) is 3.73. The van der Waals surface area contributed by atoms with Crippen LogP contribution >= 0.6 is 11.6 Å². The first-order valence-electron chi connectivity index (χ1n) is 6.22. The second kappa shape index (κ2) is 7.98. The molecule has 1 aromatic carbocycles. The highest BCUT2D eigenvalue weighted by molar-refractivity contribution is 6.17. The third kappa shape index (κ3) is 3.91. The van der Waals surface area contributed by atoms with Crippen molar-refractivity contribution in [3.8, 4) is 5.75 Å². The fourth-order valence-corrected chi connectivity index (χ4v) is 1.89. The van der Waals surface area contributed by atoms with Gasteiger partial charge in [0.15, 0.2) is 0 Å². The Kier molecular flexibility index (Phi) is 6.58. The van der Waals surface area contributed by atoms with Crippen LogP contribution in [0.5, 0.6) is 5.75 Å². The van der Waals surface area contributed by atoms with Crippen molar-refractivity contribution in [2.24, 2.45) is 0 Å². The molecule has 0 unspecified atom stereocenters. The van der Waals surface area contributed by atoms with E-state index < -0.39 is 0 Å². The van der Waals surface area contributed by atoms with Crippen LogP contribution in [-0.2, 0) is 11.2 Å². The Morgan fingerprint density at radius 1 is 1.28 bits per heavy atom. The minimum Gasteiger partial charge on any atom is -0.494 e. The first-order valence-corrected chi connectivity index (χ1v) is 6.75. The fourth-order valence-electron chi connectivity index (χ4n) is 1.76. The van der Waals surface area contributed by atoms with Gasteiger partial charge in [0, 0.05) is 11.4 Å². The molecule has 0 heterocycles. The molecule has 0 aliphatic carbocycles. The Hall–Kier alpha value is -1.22. The minimum atomic E-state index is -0.302. The van der Waals surface area contributed by atoms with E-state index in [1.165, 1.54) is 0 Å². The van der Waals surface area contributed by atoms with E-state index >= 15 is 0 Å². The van der Waals surface area contributed by atoms with E-state index in [1.54, 1.807) is 19.1 Å². The van der Waals surface area contributed by atoms with Crippen LogP contribution in [0.4, 0.5) is 0 Å². The molecule has 3 nitrogen and oxygen atoms in total. The van der Waals surface area contributed by atoms with E-state index in [2.05, 4.69) is 0 Å². The first-order chi connectivity index (χ1) is 8.74. The number of rotatable bonds is 7. The standard InChI is InChI=1S/C14H19ClO3/c1-3-17-13-9-5-7-12(14(16)18-4-2)11(13)8-6-10-15/h5,7,9H,3-4,6,8,10H2,1-2H3. The van der Waals surface area contributed by atoms with Gasteiger partial charge in [-0.1, -0.05) is 6.07 Å². The number of hydrogen-bond acceptors (Lipinski definition) is 3. The van der Waals surface area contributed by atoms with Crippen LogP contribution < -0.4 is 4.74 Å². The van der Waals surface area contributed by atoms with Gasteiger partial charge in [0.1, 0.15) is 5.75 Å². The van der Waals surface area contributed by atoms with Crippen molar-refractivity contribution in [3.05, 3.63) is 29.3 Å². The number of halogens is 1. The zero-order chi connectivity index (χ0) is 13.4.